The van der Waals surface area contributed by atoms with E-state index >= 15 is 4.39 Å². The summed E-state index contributed by atoms with van der Waals surface area (Å²) >= 11 is 0. The van der Waals surface area contributed by atoms with Crippen LogP contribution >= 0.6 is 0 Å². The number of carbonyl (C=O) groups excluding carboxylic acids is 1. The van der Waals surface area contributed by atoms with Gasteiger partial charge in [-0.05, 0) is 68.7 Å². The van der Waals surface area contributed by atoms with Gasteiger partial charge in [-0.25, -0.2) is 27.5 Å². The number of aryl methyl sites for hydroxylation is 1. The second kappa shape index (κ2) is 11.0. The second-order valence-electron chi connectivity index (χ2n) is 10.9. The molecule has 42 heavy (non-hydrogen) atoms. The van der Waals surface area contributed by atoms with Crippen LogP contribution in [0.1, 0.15) is 44.9 Å². The summed E-state index contributed by atoms with van der Waals surface area (Å²) in [4.78, 5) is 43.3. The first-order valence-corrected chi connectivity index (χ1v) is 13.7. The Balaban J connectivity index is 1.84. The minimum atomic E-state index is -0.909. The highest BCUT2D eigenvalue weighted by atomic mass is 19.1. The number of carbonyl (C=O) groups is 1. The zero-order valence-electron chi connectivity index (χ0n) is 24.0. The van der Waals surface area contributed by atoms with E-state index in [2.05, 4.69) is 21.5 Å². The third-order valence-corrected chi connectivity index (χ3v) is 7.63. The van der Waals surface area contributed by atoms with Crippen molar-refractivity contribution in [1.29, 1.82) is 0 Å². The third-order valence-electron chi connectivity index (χ3n) is 7.63. The fourth-order valence-electron chi connectivity index (χ4n) is 5.52. The first-order valence-electron chi connectivity index (χ1n) is 13.7. The van der Waals surface area contributed by atoms with Crippen LogP contribution in [0.4, 0.5) is 19.0 Å². The molecule has 0 unspecified atom stereocenters. The Morgan fingerprint density at radius 2 is 1.79 bits per heavy atom. The van der Waals surface area contributed by atoms with Gasteiger partial charge in [-0.2, -0.15) is 4.98 Å². The van der Waals surface area contributed by atoms with Gasteiger partial charge in [0.15, 0.2) is 5.65 Å². The van der Waals surface area contributed by atoms with Crippen LogP contribution in [-0.4, -0.2) is 55.5 Å². The summed E-state index contributed by atoms with van der Waals surface area (Å²) in [6, 6.07) is 5.03. The molecule has 3 aromatic heterocycles. The fourth-order valence-corrected chi connectivity index (χ4v) is 5.52. The topological polar surface area (TPSA) is 84.2 Å². The van der Waals surface area contributed by atoms with E-state index < -0.39 is 28.8 Å². The van der Waals surface area contributed by atoms with E-state index in [0.717, 1.165) is 24.3 Å². The molecule has 0 spiro atoms. The monoisotopic (exact) mass is 576 g/mol. The molecule has 1 amide bonds. The Hall–Kier alpha value is -4.54. The maximum Gasteiger partial charge on any atom is 0.355 e. The minimum Gasteiger partial charge on any atom is -0.349 e. The summed E-state index contributed by atoms with van der Waals surface area (Å²) in [7, 11) is 0. The van der Waals surface area contributed by atoms with Gasteiger partial charge in [0.25, 0.3) is 0 Å². The molecule has 1 aromatic carbocycles. The second-order valence-corrected chi connectivity index (χ2v) is 10.9. The number of nitrogens with zero attached hydrogens (tertiary/aromatic N) is 6. The normalized spacial score (nSPS) is 17.3. The van der Waals surface area contributed by atoms with Gasteiger partial charge in [0.1, 0.15) is 29.0 Å². The van der Waals surface area contributed by atoms with Crippen LogP contribution in [0.25, 0.3) is 28.0 Å². The first-order chi connectivity index (χ1) is 19.9. The van der Waals surface area contributed by atoms with Gasteiger partial charge < -0.3 is 9.80 Å². The predicted molar refractivity (Wildman–Crippen MR) is 155 cm³/mol. The molecule has 1 aliphatic heterocycles. The number of halogens is 3. The van der Waals surface area contributed by atoms with Crippen molar-refractivity contribution in [1.82, 2.24) is 24.4 Å². The Bertz CT molecular complexity index is 1790. The average Bonchev–Trinajstić information content (AvgIpc) is 2.95. The van der Waals surface area contributed by atoms with Gasteiger partial charge in [0.2, 0.25) is 5.91 Å². The molecule has 2 atom stereocenters. The molecule has 0 saturated carbocycles. The molecule has 8 nitrogen and oxygen atoms in total. The Morgan fingerprint density at radius 3 is 2.48 bits per heavy atom. The highest BCUT2D eigenvalue weighted by Gasteiger charge is 2.34. The lowest BCUT2D eigenvalue weighted by Crippen LogP contribution is -2.58. The molecule has 1 fully saturated rings. The number of hydrogen-bond donors (Lipinski definition) is 0. The smallest absolute Gasteiger partial charge is 0.349 e. The van der Waals surface area contributed by atoms with Gasteiger partial charge >= 0.3 is 5.69 Å². The molecule has 11 heteroatoms. The predicted octanol–water partition coefficient (Wildman–Crippen LogP) is 5.30. The molecule has 0 radical (unpaired) electrons. The Morgan fingerprint density at radius 1 is 1.05 bits per heavy atom. The van der Waals surface area contributed by atoms with E-state index in [1.807, 2.05) is 39.5 Å². The van der Waals surface area contributed by atoms with Gasteiger partial charge in [0.05, 0.1) is 16.8 Å². The van der Waals surface area contributed by atoms with E-state index in [1.54, 1.807) is 17.2 Å². The highest BCUT2D eigenvalue weighted by Crippen LogP contribution is 2.34. The Kier molecular flexibility index (Phi) is 7.61. The standard InChI is InChI=1S/C31H31F3N6O2/c1-7-25(41)38-14-19(6)39(15-18(38)5)29-22-13-24(34)27(21-12-20(32)8-9-23(21)33)36-30(22)40(31(42)37-29)28-17(4)10-11-35-26(28)16(2)3/h7-13,16,18-19H,1,14-15H2,2-6H3/t18-,19+/m1/s1. The number of rotatable bonds is 5. The summed E-state index contributed by atoms with van der Waals surface area (Å²) in [6.45, 7) is 13.6. The third kappa shape index (κ3) is 4.93. The fraction of sp³-hybridized carbons (Fsp3) is 0.323. The molecule has 0 N–H and O–H groups in total. The molecule has 4 heterocycles. The van der Waals surface area contributed by atoms with Gasteiger partial charge in [-0.3, -0.25) is 9.78 Å². The van der Waals surface area contributed by atoms with E-state index in [1.165, 1.54) is 10.6 Å². The lowest BCUT2D eigenvalue weighted by atomic mass is 10.0. The molecule has 1 saturated heterocycles. The van der Waals surface area contributed by atoms with Crippen LogP contribution in [0.2, 0.25) is 0 Å². The molecule has 0 aliphatic carbocycles. The largest absolute Gasteiger partial charge is 0.355 e. The van der Waals surface area contributed by atoms with Crippen LogP contribution < -0.4 is 10.6 Å². The number of benzene rings is 1. The lowest BCUT2D eigenvalue weighted by molar-refractivity contribution is -0.128. The van der Waals surface area contributed by atoms with Crippen LogP contribution in [0.15, 0.2) is 54.0 Å². The van der Waals surface area contributed by atoms with Crippen molar-refractivity contribution in [2.24, 2.45) is 0 Å². The first kappa shape index (κ1) is 29.0. The zero-order valence-corrected chi connectivity index (χ0v) is 24.0. The number of hydrogen-bond acceptors (Lipinski definition) is 6. The maximum absolute atomic E-state index is 15.8. The van der Waals surface area contributed by atoms with Crippen molar-refractivity contribution in [3.8, 4) is 16.9 Å². The van der Waals surface area contributed by atoms with Crippen molar-refractivity contribution in [3.05, 3.63) is 88.4 Å². The van der Waals surface area contributed by atoms with Crippen LogP contribution in [-0.2, 0) is 4.79 Å². The summed E-state index contributed by atoms with van der Waals surface area (Å²) in [5.41, 5.74) is 0.245. The molecule has 5 rings (SSSR count). The number of pyridine rings is 2. The van der Waals surface area contributed by atoms with Crippen LogP contribution in [0, 0.1) is 24.4 Å². The van der Waals surface area contributed by atoms with E-state index in [-0.39, 0.29) is 46.3 Å². The average molecular weight is 577 g/mol. The van der Waals surface area contributed by atoms with Gasteiger partial charge in [0, 0.05) is 36.9 Å². The summed E-state index contributed by atoms with van der Waals surface area (Å²) < 4.78 is 46.1. The van der Waals surface area contributed by atoms with Crippen molar-refractivity contribution in [2.45, 2.75) is 52.6 Å². The number of amides is 1. The van der Waals surface area contributed by atoms with Crippen LogP contribution in [0.5, 0.6) is 0 Å². The summed E-state index contributed by atoms with van der Waals surface area (Å²) in [5, 5.41) is 0.202. The summed E-state index contributed by atoms with van der Waals surface area (Å²) in [5.74, 6) is -2.67. The molecule has 0 bridgehead atoms. The van der Waals surface area contributed by atoms with E-state index in [4.69, 9.17) is 0 Å². The van der Waals surface area contributed by atoms with Crippen molar-refractivity contribution in [2.75, 3.05) is 18.0 Å². The molecular weight excluding hydrogens is 545 g/mol. The number of piperazine rings is 1. The summed E-state index contributed by atoms with van der Waals surface area (Å²) in [6.07, 6.45) is 2.89. The molecule has 4 aromatic rings. The minimum absolute atomic E-state index is 0.0208. The lowest BCUT2D eigenvalue weighted by Gasteiger charge is -2.44. The van der Waals surface area contributed by atoms with E-state index in [9.17, 15) is 18.4 Å². The number of aromatic nitrogens is 4. The zero-order chi connectivity index (χ0) is 30.5. The molecular formula is C31H31F3N6O2. The van der Waals surface area contributed by atoms with Crippen molar-refractivity contribution in [3.63, 3.8) is 0 Å². The quantitative estimate of drug-likeness (QED) is 0.300. The van der Waals surface area contributed by atoms with Gasteiger partial charge in [-0.15, -0.1) is 0 Å². The molecule has 1 aliphatic rings. The SMILES string of the molecule is C=CC(=O)N1C[C@H](C)N(c2nc(=O)n(-c3c(C)ccnc3C(C)C)c3nc(-c4cc(F)ccc4F)c(F)cc23)C[C@H]1C. The number of fused-ring (bicyclic) bond motifs is 1. The molecule has 218 valence electrons. The van der Waals surface area contributed by atoms with Crippen LogP contribution in [0.3, 0.4) is 0 Å². The van der Waals surface area contributed by atoms with Gasteiger partial charge in [-0.1, -0.05) is 20.4 Å². The number of anilines is 1. The van der Waals surface area contributed by atoms with Crippen molar-refractivity contribution >= 4 is 22.8 Å². The van der Waals surface area contributed by atoms with E-state index in [0.29, 0.717) is 30.0 Å². The maximum atomic E-state index is 15.8. The Labute approximate surface area is 241 Å². The highest BCUT2D eigenvalue weighted by molar-refractivity contribution is 5.91. The van der Waals surface area contributed by atoms with Crippen molar-refractivity contribution < 1.29 is 18.0 Å².